The molecule has 3 heterocycles. The van der Waals surface area contributed by atoms with Crippen LogP contribution in [0, 0.1) is 19.8 Å². The monoisotopic (exact) mass is 273 g/mol. The lowest BCUT2D eigenvalue weighted by molar-refractivity contribution is 0.312. The van der Waals surface area contributed by atoms with Crippen molar-refractivity contribution in [3.05, 3.63) is 29.3 Å². The van der Waals surface area contributed by atoms with Crippen molar-refractivity contribution >= 4 is 5.78 Å². The molecule has 0 spiro atoms. The van der Waals surface area contributed by atoms with E-state index in [0.29, 0.717) is 0 Å². The van der Waals surface area contributed by atoms with Gasteiger partial charge in [0.2, 0.25) is 5.78 Å². The highest BCUT2D eigenvalue weighted by atomic mass is 15.2. The van der Waals surface area contributed by atoms with Crippen molar-refractivity contribution in [2.75, 3.05) is 26.7 Å². The number of imidazole rings is 1. The number of nitrogens with zero attached hydrogens (tertiary/aromatic N) is 4. The molecule has 0 radical (unpaired) electrons. The van der Waals surface area contributed by atoms with Crippen molar-refractivity contribution in [3.8, 4) is 0 Å². The van der Waals surface area contributed by atoms with Gasteiger partial charge in [0.1, 0.15) is 0 Å². The van der Waals surface area contributed by atoms with Gasteiger partial charge in [-0.3, -0.25) is 9.30 Å². The Hall–Kier alpha value is -1.46. The van der Waals surface area contributed by atoms with Crippen LogP contribution in [0.2, 0.25) is 0 Å². The number of nitrogens with one attached hydrogen (secondary N) is 1. The van der Waals surface area contributed by atoms with Gasteiger partial charge in [-0.25, -0.2) is 9.97 Å². The molecule has 108 valence electrons. The molecule has 0 bridgehead atoms. The predicted octanol–water partition coefficient (Wildman–Crippen LogP) is 1.39. The molecule has 2 aromatic rings. The maximum Gasteiger partial charge on any atom is 0.234 e. The third-order valence-electron chi connectivity index (χ3n) is 4.06. The molecule has 1 aliphatic heterocycles. The first kappa shape index (κ1) is 13.5. The minimum atomic E-state index is 0.777. The van der Waals surface area contributed by atoms with Gasteiger partial charge in [-0.05, 0) is 52.4 Å². The summed E-state index contributed by atoms with van der Waals surface area (Å²) in [4.78, 5) is 11.7. The summed E-state index contributed by atoms with van der Waals surface area (Å²) in [6.45, 7) is 8.51. The number of hydrogen-bond acceptors (Lipinski definition) is 4. The van der Waals surface area contributed by atoms with Crippen LogP contribution in [-0.2, 0) is 6.54 Å². The standard InChI is InChI=1S/C15H23N5/c1-11-6-12(2)20-10-14(18-15(20)17-11)9-19-5-4-13(8-19)7-16-3/h6,10,13,16H,4-5,7-9H2,1-3H3. The zero-order valence-corrected chi connectivity index (χ0v) is 12.6. The molecule has 0 amide bonds. The highest BCUT2D eigenvalue weighted by Crippen LogP contribution is 2.18. The number of aryl methyl sites for hydroxylation is 2. The Bertz CT molecular complexity index is 604. The van der Waals surface area contributed by atoms with E-state index in [9.17, 15) is 0 Å². The normalized spacial score (nSPS) is 20.1. The summed E-state index contributed by atoms with van der Waals surface area (Å²) in [5.41, 5.74) is 3.35. The van der Waals surface area contributed by atoms with Crippen molar-refractivity contribution in [3.63, 3.8) is 0 Å². The Kier molecular flexibility index (Phi) is 3.72. The highest BCUT2D eigenvalue weighted by molar-refractivity contribution is 5.34. The largest absolute Gasteiger partial charge is 0.319 e. The van der Waals surface area contributed by atoms with E-state index < -0.39 is 0 Å². The van der Waals surface area contributed by atoms with Crippen LogP contribution in [0.1, 0.15) is 23.5 Å². The molecular weight excluding hydrogens is 250 g/mol. The number of likely N-dealkylation sites (tertiary alicyclic amines) is 1. The SMILES string of the molecule is CNCC1CCN(Cc2cn3c(C)cc(C)nc3n2)C1. The van der Waals surface area contributed by atoms with Gasteiger partial charge in [-0.2, -0.15) is 0 Å². The number of hydrogen-bond donors (Lipinski definition) is 1. The van der Waals surface area contributed by atoms with E-state index in [1.54, 1.807) is 0 Å². The Labute approximate surface area is 120 Å². The Balaban J connectivity index is 1.74. The fourth-order valence-electron chi connectivity index (χ4n) is 3.14. The predicted molar refractivity (Wildman–Crippen MR) is 79.8 cm³/mol. The van der Waals surface area contributed by atoms with Crippen molar-refractivity contribution in [2.45, 2.75) is 26.8 Å². The Morgan fingerprint density at radius 1 is 1.35 bits per heavy atom. The third kappa shape index (κ3) is 2.69. The van der Waals surface area contributed by atoms with E-state index in [1.807, 2.05) is 14.0 Å². The van der Waals surface area contributed by atoms with Gasteiger partial charge >= 0.3 is 0 Å². The summed E-state index contributed by atoms with van der Waals surface area (Å²) in [7, 11) is 2.03. The van der Waals surface area contributed by atoms with Crippen molar-refractivity contribution in [2.24, 2.45) is 5.92 Å². The molecule has 3 rings (SSSR count). The molecule has 0 aromatic carbocycles. The Morgan fingerprint density at radius 3 is 3.00 bits per heavy atom. The molecule has 0 saturated carbocycles. The number of aromatic nitrogens is 3. The van der Waals surface area contributed by atoms with E-state index in [1.165, 1.54) is 25.2 Å². The molecule has 1 saturated heterocycles. The molecule has 5 nitrogen and oxygen atoms in total. The van der Waals surface area contributed by atoms with Crippen molar-refractivity contribution in [1.82, 2.24) is 24.6 Å². The zero-order chi connectivity index (χ0) is 14.1. The first-order chi connectivity index (χ1) is 9.65. The lowest BCUT2D eigenvalue weighted by atomic mass is 10.1. The second-order valence-electron chi connectivity index (χ2n) is 5.89. The fourth-order valence-corrected chi connectivity index (χ4v) is 3.14. The van der Waals surface area contributed by atoms with E-state index in [0.717, 1.165) is 36.2 Å². The summed E-state index contributed by atoms with van der Waals surface area (Å²) in [6.07, 6.45) is 3.41. The fraction of sp³-hybridized carbons (Fsp3) is 0.600. The van der Waals surface area contributed by atoms with Crippen LogP contribution in [0.4, 0.5) is 0 Å². The number of fused-ring (bicyclic) bond motifs is 1. The molecule has 2 aromatic heterocycles. The first-order valence-corrected chi connectivity index (χ1v) is 7.35. The molecule has 1 N–H and O–H groups in total. The van der Waals surface area contributed by atoms with Gasteiger partial charge in [-0.15, -0.1) is 0 Å². The van der Waals surface area contributed by atoms with Gasteiger partial charge < -0.3 is 5.32 Å². The molecule has 1 unspecified atom stereocenters. The maximum atomic E-state index is 4.66. The van der Waals surface area contributed by atoms with Crippen LogP contribution < -0.4 is 5.32 Å². The van der Waals surface area contributed by atoms with Gasteiger partial charge in [-0.1, -0.05) is 0 Å². The molecule has 5 heteroatoms. The topological polar surface area (TPSA) is 45.5 Å². The summed E-state index contributed by atoms with van der Waals surface area (Å²) in [5.74, 6) is 1.60. The van der Waals surface area contributed by atoms with Gasteiger partial charge in [0.25, 0.3) is 0 Å². The average Bonchev–Trinajstić information content (AvgIpc) is 2.97. The molecule has 1 fully saturated rings. The third-order valence-corrected chi connectivity index (χ3v) is 4.06. The molecular formula is C15H23N5. The molecule has 1 atom stereocenters. The molecule has 20 heavy (non-hydrogen) atoms. The van der Waals surface area contributed by atoms with Crippen LogP contribution in [0.25, 0.3) is 5.78 Å². The second kappa shape index (κ2) is 5.50. The first-order valence-electron chi connectivity index (χ1n) is 7.35. The van der Waals surface area contributed by atoms with Crippen LogP contribution in [-0.4, -0.2) is 46.0 Å². The second-order valence-corrected chi connectivity index (χ2v) is 5.89. The van der Waals surface area contributed by atoms with Gasteiger partial charge in [0.05, 0.1) is 5.69 Å². The zero-order valence-electron chi connectivity index (χ0n) is 12.6. The highest BCUT2D eigenvalue weighted by Gasteiger charge is 2.22. The van der Waals surface area contributed by atoms with Crippen LogP contribution >= 0.6 is 0 Å². The minimum Gasteiger partial charge on any atom is -0.319 e. The smallest absolute Gasteiger partial charge is 0.234 e. The lowest BCUT2D eigenvalue weighted by Crippen LogP contribution is -2.24. The van der Waals surface area contributed by atoms with Crippen LogP contribution in [0.3, 0.4) is 0 Å². The minimum absolute atomic E-state index is 0.777. The lowest BCUT2D eigenvalue weighted by Gasteiger charge is -2.14. The van der Waals surface area contributed by atoms with Gasteiger partial charge in [0, 0.05) is 30.7 Å². The van der Waals surface area contributed by atoms with Crippen LogP contribution in [0.5, 0.6) is 0 Å². The van der Waals surface area contributed by atoms with E-state index in [-0.39, 0.29) is 0 Å². The molecule has 1 aliphatic rings. The van der Waals surface area contributed by atoms with Crippen LogP contribution in [0.15, 0.2) is 12.3 Å². The quantitative estimate of drug-likeness (QED) is 0.914. The van der Waals surface area contributed by atoms with E-state index >= 15 is 0 Å². The van der Waals surface area contributed by atoms with Gasteiger partial charge in [0.15, 0.2) is 0 Å². The van der Waals surface area contributed by atoms with Crippen molar-refractivity contribution < 1.29 is 0 Å². The average molecular weight is 273 g/mol. The maximum absolute atomic E-state index is 4.66. The summed E-state index contributed by atoms with van der Waals surface area (Å²) in [5, 5.41) is 3.27. The summed E-state index contributed by atoms with van der Waals surface area (Å²) in [6, 6.07) is 2.09. The van der Waals surface area contributed by atoms with E-state index in [4.69, 9.17) is 0 Å². The van der Waals surface area contributed by atoms with E-state index in [2.05, 4.69) is 43.8 Å². The Morgan fingerprint density at radius 2 is 2.20 bits per heavy atom. The molecule has 0 aliphatic carbocycles. The van der Waals surface area contributed by atoms with Crippen molar-refractivity contribution in [1.29, 1.82) is 0 Å². The number of rotatable bonds is 4. The summed E-state index contributed by atoms with van der Waals surface area (Å²) < 4.78 is 2.09. The summed E-state index contributed by atoms with van der Waals surface area (Å²) >= 11 is 0.